The molecule has 0 aromatic heterocycles. The van der Waals surface area contributed by atoms with Crippen LogP contribution in [0.3, 0.4) is 0 Å². The van der Waals surface area contributed by atoms with Gasteiger partial charge in [0.15, 0.2) is 0 Å². The van der Waals surface area contributed by atoms with Crippen LogP contribution in [0.15, 0.2) is 42.5 Å². The van der Waals surface area contributed by atoms with E-state index in [1.165, 1.54) is 18.1 Å². The second-order valence-corrected chi connectivity index (χ2v) is 10.4. The van der Waals surface area contributed by atoms with Gasteiger partial charge in [-0.1, -0.05) is 42.8 Å². The van der Waals surface area contributed by atoms with Crippen LogP contribution in [-0.4, -0.2) is 23.4 Å². The van der Waals surface area contributed by atoms with Crippen LogP contribution in [0.2, 0.25) is 5.02 Å². The maximum Gasteiger partial charge on any atom is 0.341 e. The zero-order valence-electron chi connectivity index (χ0n) is 19.5. The van der Waals surface area contributed by atoms with Crippen molar-refractivity contribution in [3.05, 3.63) is 64.2 Å². The number of aliphatic carboxylic acids is 1. The second-order valence-electron chi connectivity index (χ2n) is 10.0. The number of carboxylic acids is 1. The summed E-state index contributed by atoms with van der Waals surface area (Å²) in [5, 5.41) is 10.3. The Labute approximate surface area is 201 Å². The van der Waals surface area contributed by atoms with E-state index in [0.29, 0.717) is 24.2 Å². The summed E-state index contributed by atoms with van der Waals surface area (Å²) in [6, 6.07) is 13.8. The Morgan fingerprint density at radius 1 is 1.15 bits per heavy atom. The van der Waals surface area contributed by atoms with Gasteiger partial charge in [-0.25, -0.2) is 9.18 Å². The Morgan fingerprint density at radius 3 is 2.52 bits per heavy atom. The molecule has 5 heteroatoms. The standard InChI is InChI=1S/C28H34ClFO3/c1-3-18-9-14-25(29)24(15-18)20-10-7-19(8-11-20)17-33-23-6-4-5-22(16-23)26(21-12-13-21)28(2,30)27(31)32/h4-6,9,14-16,19-21,26H,3,7-8,10-13,17H2,1-2H3,(H,31,32). The lowest BCUT2D eigenvalue weighted by atomic mass is 9.78. The highest BCUT2D eigenvalue weighted by atomic mass is 35.5. The number of carboxylic acid groups (broad SMARTS) is 1. The molecule has 0 heterocycles. The first kappa shape index (κ1) is 24.1. The number of carbonyl (C=O) groups is 1. The molecule has 2 fully saturated rings. The topological polar surface area (TPSA) is 46.5 Å². The summed E-state index contributed by atoms with van der Waals surface area (Å²) < 4.78 is 21.2. The van der Waals surface area contributed by atoms with Gasteiger partial charge in [-0.2, -0.15) is 0 Å². The summed E-state index contributed by atoms with van der Waals surface area (Å²) in [6.07, 6.45) is 7.13. The molecule has 3 nitrogen and oxygen atoms in total. The Hall–Kier alpha value is -2.07. The molecule has 178 valence electrons. The van der Waals surface area contributed by atoms with Crippen LogP contribution >= 0.6 is 11.6 Å². The highest BCUT2D eigenvalue weighted by Gasteiger charge is 2.50. The summed E-state index contributed by atoms with van der Waals surface area (Å²) in [6.45, 7) is 3.98. The van der Waals surface area contributed by atoms with Crippen molar-refractivity contribution in [3.8, 4) is 5.75 Å². The molecule has 0 spiro atoms. The molecule has 2 aliphatic carbocycles. The van der Waals surface area contributed by atoms with E-state index in [-0.39, 0.29) is 5.92 Å². The molecule has 0 amide bonds. The Morgan fingerprint density at radius 2 is 1.88 bits per heavy atom. The van der Waals surface area contributed by atoms with Crippen molar-refractivity contribution in [2.75, 3.05) is 6.61 Å². The zero-order chi connectivity index (χ0) is 23.6. The van der Waals surface area contributed by atoms with Crippen molar-refractivity contribution in [3.63, 3.8) is 0 Å². The lowest BCUT2D eigenvalue weighted by Gasteiger charge is -2.30. The van der Waals surface area contributed by atoms with Crippen LogP contribution in [0, 0.1) is 11.8 Å². The summed E-state index contributed by atoms with van der Waals surface area (Å²) in [5.74, 6) is -0.284. The van der Waals surface area contributed by atoms with Crippen molar-refractivity contribution in [2.45, 2.75) is 76.3 Å². The lowest BCUT2D eigenvalue weighted by molar-refractivity contribution is -0.151. The van der Waals surface area contributed by atoms with Crippen molar-refractivity contribution in [1.82, 2.24) is 0 Å². The fraction of sp³-hybridized carbons (Fsp3) is 0.536. The average molecular weight is 473 g/mol. The molecule has 2 unspecified atom stereocenters. The number of hydrogen-bond acceptors (Lipinski definition) is 2. The molecule has 1 N–H and O–H groups in total. The molecule has 0 bridgehead atoms. The minimum atomic E-state index is -2.28. The van der Waals surface area contributed by atoms with Gasteiger partial charge in [-0.15, -0.1) is 0 Å². The maximum atomic E-state index is 15.1. The molecule has 4 rings (SSSR count). The first-order valence-corrected chi connectivity index (χ1v) is 12.6. The molecule has 0 aliphatic heterocycles. The number of ether oxygens (including phenoxy) is 1. The quantitative estimate of drug-likeness (QED) is 0.409. The summed E-state index contributed by atoms with van der Waals surface area (Å²) in [5.41, 5.74) is 1.05. The monoisotopic (exact) mass is 472 g/mol. The van der Waals surface area contributed by atoms with Gasteiger partial charge in [0, 0.05) is 10.9 Å². The van der Waals surface area contributed by atoms with E-state index in [9.17, 15) is 9.90 Å². The van der Waals surface area contributed by atoms with Crippen LogP contribution in [0.1, 0.15) is 80.9 Å². The summed E-state index contributed by atoms with van der Waals surface area (Å²) in [7, 11) is 0. The van der Waals surface area contributed by atoms with Crippen LogP contribution in [0.4, 0.5) is 4.39 Å². The van der Waals surface area contributed by atoms with Gasteiger partial charge < -0.3 is 9.84 Å². The minimum Gasteiger partial charge on any atom is -0.493 e. The normalized spacial score (nSPS) is 23.5. The second kappa shape index (κ2) is 10.0. The predicted octanol–water partition coefficient (Wildman–Crippen LogP) is 7.56. The molecule has 33 heavy (non-hydrogen) atoms. The Kier molecular flexibility index (Phi) is 7.33. The first-order chi connectivity index (χ1) is 15.8. The van der Waals surface area contributed by atoms with Crippen LogP contribution in [0.25, 0.3) is 0 Å². The molecular weight excluding hydrogens is 439 g/mol. The predicted molar refractivity (Wildman–Crippen MR) is 130 cm³/mol. The molecule has 2 aliphatic rings. The minimum absolute atomic E-state index is 0.0830. The van der Waals surface area contributed by atoms with E-state index in [4.69, 9.17) is 16.3 Å². The molecule has 0 saturated heterocycles. The van der Waals surface area contributed by atoms with Crippen LogP contribution in [-0.2, 0) is 11.2 Å². The van der Waals surface area contributed by atoms with Crippen molar-refractivity contribution >= 4 is 17.6 Å². The third-order valence-electron chi connectivity index (χ3n) is 7.55. The highest BCUT2D eigenvalue weighted by Crippen LogP contribution is 2.50. The van der Waals surface area contributed by atoms with Gasteiger partial charge in [0.25, 0.3) is 0 Å². The van der Waals surface area contributed by atoms with E-state index < -0.39 is 17.6 Å². The molecule has 2 aromatic rings. The molecule has 2 saturated carbocycles. The van der Waals surface area contributed by atoms with E-state index in [1.807, 2.05) is 30.3 Å². The van der Waals surface area contributed by atoms with E-state index in [1.54, 1.807) is 0 Å². The fourth-order valence-corrected chi connectivity index (χ4v) is 5.64. The molecule has 0 radical (unpaired) electrons. The fourth-order valence-electron chi connectivity index (χ4n) is 5.37. The van der Waals surface area contributed by atoms with Gasteiger partial charge in [0.05, 0.1) is 6.61 Å². The van der Waals surface area contributed by atoms with E-state index in [2.05, 4.69) is 19.1 Å². The SMILES string of the molecule is CCc1ccc(Cl)c(C2CCC(COc3cccc(C(C4CC4)C(C)(F)C(=O)O)c3)CC2)c1. The molecule has 2 atom stereocenters. The van der Waals surface area contributed by atoms with Crippen molar-refractivity contribution in [2.24, 2.45) is 11.8 Å². The van der Waals surface area contributed by atoms with Crippen molar-refractivity contribution in [1.29, 1.82) is 0 Å². The highest BCUT2D eigenvalue weighted by molar-refractivity contribution is 6.31. The average Bonchev–Trinajstić information content (AvgIpc) is 3.63. The van der Waals surface area contributed by atoms with Gasteiger partial charge >= 0.3 is 5.97 Å². The smallest absolute Gasteiger partial charge is 0.341 e. The van der Waals surface area contributed by atoms with Crippen LogP contribution < -0.4 is 4.74 Å². The number of alkyl halides is 1. The van der Waals surface area contributed by atoms with Gasteiger partial charge in [0.2, 0.25) is 5.67 Å². The maximum absolute atomic E-state index is 15.1. The van der Waals surface area contributed by atoms with E-state index in [0.717, 1.165) is 55.5 Å². The largest absolute Gasteiger partial charge is 0.493 e. The van der Waals surface area contributed by atoms with E-state index >= 15 is 4.39 Å². The lowest BCUT2D eigenvalue weighted by Crippen LogP contribution is -2.38. The Balaban J connectivity index is 1.36. The zero-order valence-corrected chi connectivity index (χ0v) is 20.3. The number of aryl methyl sites for hydroxylation is 1. The van der Waals surface area contributed by atoms with Crippen LogP contribution in [0.5, 0.6) is 5.75 Å². The number of hydrogen-bond donors (Lipinski definition) is 1. The Bertz CT molecular complexity index is 977. The van der Waals surface area contributed by atoms with Gasteiger partial charge in [-0.05, 0) is 105 Å². The number of halogens is 2. The number of rotatable bonds is 9. The third kappa shape index (κ3) is 5.54. The van der Waals surface area contributed by atoms with Crippen molar-refractivity contribution < 1.29 is 19.0 Å². The molecule has 2 aromatic carbocycles. The summed E-state index contributed by atoms with van der Waals surface area (Å²) >= 11 is 6.49. The number of benzene rings is 2. The summed E-state index contributed by atoms with van der Waals surface area (Å²) in [4.78, 5) is 11.6. The van der Waals surface area contributed by atoms with Gasteiger partial charge in [0.1, 0.15) is 5.75 Å². The first-order valence-electron chi connectivity index (χ1n) is 12.2. The van der Waals surface area contributed by atoms with Gasteiger partial charge in [-0.3, -0.25) is 0 Å². The third-order valence-corrected chi connectivity index (χ3v) is 7.90. The molecular formula is C28H34ClFO3.